The van der Waals surface area contributed by atoms with Crippen LogP contribution in [0.25, 0.3) is 0 Å². The smallest absolute Gasteiger partial charge is 0.244 e. The van der Waals surface area contributed by atoms with E-state index in [9.17, 15) is 13.2 Å². The van der Waals surface area contributed by atoms with E-state index in [0.29, 0.717) is 34.4 Å². The molecule has 158 valence electrons. The molecule has 0 spiro atoms. The van der Waals surface area contributed by atoms with Crippen molar-refractivity contribution < 1.29 is 17.9 Å². The van der Waals surface area contributed by atoms with Crippen molar-refractivity contribution in [2.75, 3.05) is 25.5 Å². The van der Waals surface area contributed by atoms with Crippen LogP contribution in [0.4, 0.5) is 5.13 Å². The number of hydrogen-bond acceptors (Lipinski definition) is 8. The second-order valence-corrected chi connectivity index (χ2v) is 9.17. The highest BCUT2D eigenvalue weighted by Crippen LogP contribution is 2.24. The minimum atomic E-state index is -3.68. The molecule has 2 aromatic heterocycles. The van der Waals surface area contributed by atoms with Gasteiger partial charge in [-0.05, 0) is 43.2 Å². The van der Waals surface area contributed by atoms with Gasteiger partial charge in [-0.3, -0.25) is 9.78 Å². The quantitative estimate of drug-likeness (QED) is 0.364. The van der Waals surface area contributed by atoms with Gasteiger partial charge in [-0.1, -0.05) is 23.5 Å². The zero-order chi connectivity index (χ0) is 21.6. The Morgan fingerprint density at radius 1 is 1.17 bits per heavy atom. The lowest BCUT2D eigenvalue weighted by Crippen LogP contribution is -2.26. The summed E-state index contributed by atoms with van der Waals surface area (Å²) < 4.78 is 32.8. The second-order valence-electron chi connectivity index (χ2n) is 6.41. The molecular formula is C20H22N4O4S2. The third-order valence-corrected chi connectivity index (χ3v) is 6.59. The second kappa shape index (κ2) is 9.79. The number of carbonyl (C=O) groups excluding carboxylic acids is 1. The van der Waals surface area contributed by atoms with Crippen molar-refractivity contribution in [1.82, 2.24) is 14.7 Å². The van der Waals surface area contributed by atoms with Crippen LogP contribution in [0.2, 0.25) is 0 Å². The van der Waals surface area contributed by atoms with Crippen molar-refractivity contribution in [3.63, 3.8) is 0 Å². The van der Waals surface area contributed by atoms with Crippen LogP contribution in [0.3, 0.4) is 0 Å². The number of ether oxygens (including phenoxy) is 1. The number of ketones is 1. The van der Waals surface area contributed by atoms with Crippen molar-refractivity contribution in [2.45, 2.75) is 18.2 Å². The lowest BCUT2D eigenvalue weighted by molar-refractivity contribution is 0.103. The Hall–Kier alpha value is -2.82. The number of thiazole rings is 1. The fraction of sp³-hybridized carbons (Fsp3) is 0.250. The first-order chi connectivity index (χ1) is 14.4. The fourth-order valence-electron chi connectivity index (χ4n) is 2.65. The highest BCUT2D eigenvalue weighted by atomic mass is 32.2. The summed E-state index contributed by atoms with van der Waals surface area (Å²) in [5.41, 5.74) is 1.20. The summed E-state index contributed by atoms with van der Waals surface area (Å²) in [6, 6.07) is 10.2. The number of rotatable bonds is 10. The Morgan fingerprint density at radius 2 is 2.00 bits per heavy atom. The Bertz CT molecular complexity index is 1110. The molecule has 2 N–H and O–H groups in total. The number of nitrogens with zero attached hydrogens (tertiary/aromatic N) is 2. The first-order valence-electron chi connectivity index (χ1n) is 9.20. The molecule has 0 fully saturated rings. The molecular weight excluding hydrogens is 424 g/mol. The molecule has 0 amide bonds. The number of carbonyl (C=O) groups is 1. The van der Waals surface area contributed by atoms with E-state index in [1.54, 1.807) is 42.6 Å². The van der Waals surface area contributed by atoms with Gasteiger partial charge in [0.1, 0.15) is 16.3 Å². The SMILES string of the molecule is COc1ccc(C)cc1S(=O)(=O)NCCCNc1ncc(C(=O)c2ccccn2)s1. The number of benzene rings is 1. The molecule has 8 nitrogen and oxygen atoms in total. The predicted molar refractivity (Wildman–Crippen MR) is 116 cm³/mol. The van der Waals surface area contributed by atoms with Gasteiger partial charge in [-0.2, -0.15) is 0 Å². The van der Waals surface area contributed by atoms with Crippen molar-refractivity contribution in [2.24, 2.45) is 0 Å². The Labute approximate surface area is 179 Å². The molecule has 0 atom stereocenters. The topological polar surface area (TPSA) is 110 Å². The van der Waals surface area contributed by atoms with Crippen LogP contribution in [0.15, 0.2) is 53.7 Å². The zero-order valence-corrected chi connectivity index (χ0v) is 18.2. The number of sulfonamides is 1. The predicted octanol–water partition coefficient (Wildman–Crippen LogP) is 2.87. The average molecular weight is 447 g/mol. The van der Waals surface area contributed by atoms with Crippen LogP contribution in [0.5, 0.6) is 5.75 Å². The van der Waals surface area contributed by atoms with Gasteiger partial charge in [0.2, 0.25) is 15.8 Å². The van der Waals surface area contributed by atoms with Crippen molar-refractivity contribution in [3.05, 3.63) is 64.9 Å². The molecule has 0 aliphatic rings. The number of methoxy groups -OCH3 is 1. The lowest BCUT2D eigenvalue weighted by atomic mass is 10.2. The number of aromatic nitrogens is 2. The molecule has 0 unspecified atom stereocenters. The van der Waals surface area contributed by atoms with Gasteiger partial charge in [0.05, 0.1) is 18.2 Å². The molecule has 0 bridgehead atoms. The van der Waals surface area contributed by atoms with E-state index < -0.39 is 10.0 Å². The van der Waals surface area contributed by atoms with Crippen LogP contribution < -0.4 is 14.8 Å². The summed E-state index contributed by atoms with van der Waals surface area (Å²) in [6.07, 6.45) is 3.62. The molecule has 0 aliphatic carbocycles. The minimum Gasteiger partial charge on any atom is -0.495 e. The Morgan fingerprint density at radius 3 is 2.73 bits per heavy atom. The van der Waals surface area contributed by atoms with Crippen molar-refractivity contribution in [1.29, 1.82) is 0 Å². The lowest BCUT2D eigenvalue weighted by Gasteiger charge is -2.11. The highest BCUT2D eigenvalue weighted by molar-refractivity contribution is 7.89. The van der Waals surface area contributed by atoms with E-state index in [2.05, 4.69) is 20.0 Å². The van der Waals surface area contributed by atoms with Gasteiger partial charge in [0, 0.05) is 19.3 Å². The monoisotopic (exact) mass is 446 g/mol. The molecule has 0 saturated heterocycles. The maximum atomic E-state index is 12.5. The minimum absolute atomic E-state index is 0.121. The average Bonchev–Trinajstić information content (AvgIpc) is 3.22. The van der Waals surface area contributed by atoms with Crippen molar-refractivity contribution >= 4 is 32.3 Å². The summed E-state index contributed by atoms with van der Waals surface area (Å²) in [5, 5.41) is 3.70. The maximum absolute atomic E-state index is 12.5. The van der Waals surface area contributed by atoms with Crippen molar-refractivity contribution in [3.8, 4) is 5.75 Å². The van der Waals surface area contributed by atoms with Crippen LogP contribution in [0, 0.1) is 6.92 Å². The van der Waals surface area contributed by atoms with E-state index in [4.69, 9.17) is 4.74 Å². The molecule has 30 heavy (non-hydrogen) atoms. The number of anilines is 1. The van der Waals surface area contributed by atoms with Crippen LogP contribution in [-0.2, 0) is 10.0 Å². The maximum Gasteiger partial charge on any atom is 0.244 e. The molecule has 0 radical (unpaired) electrons. The van der Waals surface area contributed by atoms with Gasteiger partial charge in [-0.25, -0.2) is 18.1 Å². The van der Waals surface area contributed by atoms with Crippen LogP contribution in [-0.4, -0.2) is 44.4 Å². The zero-order valence-electron chi connectivity index (χ0n) is 16.6. The Balaban J connectivity index is 1.50. The van der Waals surface area contributed by atoms with Gasteiger partial charge >= 0.3 is 0 Å². The standard InChI is InChI=1S/C20H22N4O4S2/c1-14-7-8-16(28-2)18(12-14)30(26,27)24-11-5-10-22-20-23-13-17(29-20)19(25)15-6-3-4-9-21-15/h3-4,6-9,12-13,24H,5,10-11H2,1-2H3,(H,22,23). The van der Waals surface area contributed by atoms with Gasteiger partial charge < -0.3 is 10.1 Å². The fourth-order valence-corrected chi connectivity index (χ4v) is 4.76. The molecule has 0 aliphatic heterocycles. The highest BCUT2D eigenvalue weighted by Gasteiger charge is 2.19. The molecule has 1 aromatic carbocycles. The summed E-state index contributed by atoms with van der Waals surface area (Å²) in [7, 11) is -2.24. The Kier molecular flexibility index (Phi) is 7.14. The number of hydrogen-bond donors (Lipinski definition) is 2. The van der Waals surface area contributed by atoms with Gasteiger partial charge in [0.25, 0.3) is 0 Å². The number of pyridine rings is 1. The van der Waals surface area contributed by atoms with E-state index in [-0.39, 0.29) is 17.2 Å². The molecule has 10 heteroatoms. The van der Waals surface area contributed by atoms with E-state index in [1.165, 1.54) is 24.6 Å². The third kappa shape index (κ3) is 5.41. The normalized spacial score (nSPS) is 11.3. The molecule has 3 rings (SSSR count). The third-order valence-electron chi connectivity index (χ3n) is 4.16. The van der Waals surface area contributed by atoms with Gasteiger partial charge in [-0.15, -0.1) is 0 Å². The molecule has 2 heterocycles. The van der Waals surface area contributed by atoms with E-state index in [1.807, 2.05) is 6.92 Å². The molecule has 0 saturated carbocycles. The molecule has 3 aromatic rings. The summed E-state index contributed by atoms with van der Waals surface area (Å²) in [5.74, 6) is 0.125. The van der Waals surface area contributed by atoms with Crippen LogP contribution >= 0.6 is 11.3 Å². The van der Waals surface area contributed by atoms with E-state index >= 15 is 0 Å². The number of aryl methyl sites for hydroxylation is 1. The summed E-state index contributed by atoms with van der Waals surface area (Å²) in [6.45, 7) is 2.57. The van der Waals surface area contributed by atoms with Crippen LogP contribution in [0.1, 0.15) is 27.3 Å². The summed E-state index contributed by atoms with van der Waals surface area (Å²) in [4.78, 5) is 21.2. The largest absolute Gasteiger partial charge is 0.495 e. The van der Waals surface area contributed by atoms with E-state index in [0.717, 1.165) is 5.56 Å². The first-order valence-corrected chi connectivity index (χ1v) is 11.5. The summed E-state index contributed by atoms with van der Waals surface area (Å²) >= 11 is 1.24. The number of nitrogens with one attached hydrogen (secondary N) is 2. The first kappa shape index (κ1) is 21.9. The van der Waals surface area contributed by atoms with Gasteiger partial charge in [0.15, 0.2) is 5.13 Å².